The van der Waals surface area contributed by atoms with E-state index >= 15 is 0 Å². The van der Waals surface area contributed by atoms with E-state index in [4.69, 9.17) is 4.74 Å². The van der Waals surface area contributed by atoms with Crippen molar-refractivity contribution >= 4 is 11.6 Å². The normalized spacial score (nSPS) is 30.2. The highest BCUT2D eigenvalue weighted by Gasteiger charge is 2.52. The third-order valence-electron chi connectivity index (χ3n) is 7.11. The Hall–Kier alpha value is -2.29. The van der Waals surface area contributed by atoms with Gasteiger partial charge in [0, 0.05) is 12.7 Å². The van der Waals surface area contributed by atoms with Gasteiger partial charge < -0.3 is 9.64 Å². The van der Waals surface area contributed by atoms with Gasteiger partial charge in [0.1, 0.15) is 11.4 Å². The molecule has 4 aliphatic carbocycles. The number of anilines is 1. The zero-order valence-electron chi connectivity index (χ0n) is 16.6. The Morgan fingerprint density at radius 3 is 2.07 bits per heavy atom. The second kappa shape index (κ2) is 6.95. The van der Waals surface area contributed by atoms with Crippen LogP contribution < -0.4 is 9.64 Å². The van der Waals surface area contributed by atoms with E-state index in [0.29, 0.717) is 6.42 Å². The first-order valence-corrected chi connectivity index (χ1v) is 10.7. The molecule has 0 spiro atoms. The van der Waals surface area contributed by atoms with Gasteiger partial charge in [0.05, 0.1) is 6.42 Å². The fraction of sp³-hybridized carbons (Fsp3) is 0.480. The number of likely N-dealkylation sites (N-methyl/N-ethyl adjacent to an activating group) is 1. The molecular formula is C25H29NO2. The number of amides is 1. The maximum Gasteiger partial charge on any atom is 0.231 e. The smallest absolute Gasteiger partial charge is 0.231 e. The van der Waals surface area contributed by atoms with E-state index in [1.165, 1.54) is 38.5 Å². The monoisotopic (exact) mass is 375 g/mol. The highest BCUT2D eigenvalue weighted by Crippen LogP contribution is 2.57. The summed E-state index contributed by atoms with van der Waals surface area (Å²) in [4.78, 5) is 14.3. The molecule has 0 aromatic heterocycles. The predicted molar refractivity (Wildman–Crippen MR) is 112 cm³/mol. The van der Waals surface area contributed by atoms with E-state index < -0.39 is 0 Å². The number of nitrogens with zero attached hydrogens (tertiary/aromatic N) is 1. The number of hydrogen-bond acceptors (Lipinski definition) is 2. The molecule has 6 rings (SSSR count). The molecule has 0 N–H and O–H groups in total. The molecule has 4 aliphatic rings. The summed E-state index contributed by atoms with van der Waals surface area (Å²) in [5.41, 5.74) is 2.04. The zero-order chi connectivity index (χ0) is 19.1. The SMILES string of the molecule is CN(C(=O)Cc1ccc(OC23CC4CC(CC(C4)C2)C3)cc1)c1ccccc1. The molecule has 2 aromatic carbocycles. The van der Waals surface area contributed by atoms with Crippen LogP contribution in [-0.2, 0) is 11.2 Å². The van der Waals surface area contributed by atoms with Gasteiger partial charge in [-0.2, -0.15) is 0 Å². The lowest BCUT2D eigenvalue weighted by Gasteiger charge is -2.56. The van der Waals surface area contributed by atoms with E-state index in [0.717, 1.165) is 34.8 Å². The maximum absolute atomic E-state index is 12.6. The van der Waals surface area contributed by atoms with Crippen molar-refractivity contribution in [3.63, 3.8) is 0 Å². The topological polar surface area (TPSA) is 29.5 Å². The largest absolute Gasteiger partial charge is 0.487 e. The fourth-order valence-electron chi connectivity index (χ4n) is 6.17. The summed E-state index contributed by atoms with van der Waals surface area (Å²) in [5.74, 6) is 3.72. The van der Waals surface area contributed by atoms with Gasteiger partial charge in [0.15, 0.2) is 0 Å². The van der Waals surface area contributed by atoms with Crippen LogP contribution in [-0.4, -0.2) is 18.6 Å². The molecule has 4 fully saturated rings. The Bertz CT molecular complexity index is 807. The van der Waals surface area contributed by atoms with E-state index in [-0.39, 0.29) is 11.5 Å². The summed E-state index contributed by atoms with van der Waals surface area (Å²) >= 11 is 0. The summed E-state index contributed by atoms with van der Waals surface area (Å²) in [7, 11) is 1.84. The molecule has 3 nitrogen and oxygen atoms in total. The first-order chi connectivity index (χ1) is 13.6. The van der Waals surface area contributed by atoms with Gasteiger partial charge in [-0.3, -0.25) is 4.79 Å². The third kappa shape index (κ3) is 3.43. The van der Waals surface area contributed by atoms with Gasteiger partial charge in [0.2, 0.25) is 5.91 Å². The van der Waals surface area contributed by atoms with Gasteiger partial charge in [-0.05, 0) is 86.1 Å². The molecule has 146 valence electrons. The first-order valence-electron chi connectivity index (χ1n) is 10.7. The van der Waals surface area contributed by atoms with Crippen LogP contribution in [0.1, 0.15) is 44.1 Å². The number of benzene rings is 2. The van der Waals surface area contributed by atoms with Gasteiger partial charge in [0.25, 0.3) is 0 Å². The lowest BCUT2D eigenvalue weighted by molar-refractivity contribution is -0.117. The minimum absolute atomic E-state index is 0.0829. The second-order valence-electron chi connectivity index (χ2n) is 9.31. The van der Waals surface area contributed by atoms with E-state index in [1.54, 1.807) is 4.90 Å². The lowest BCUT2D eigenvalue weighted by atomic mass is 9.54. The molecule has 0 unspecified atom stereocenters. The molecular weight excluding hydrogens is 346 g/mol. The molecule has 0 atom stereocenters. The maximum atomic E-state index is 12.6. The van der Waals surface area contributed by atoms with Crippen molar-refractivity contribution < 1.29 is 9.53 Å². The Kier molecular flexibility index (Phi) is 4.41. The standard InChI is InChI=1S/C25H29NO2/c1-26(22-5-3-2-4-6-22)24(27)14-18-7-9-23(10-8-18)28-25-15-19-11-20(16-25)13-21(12-19)17-25/h2-10,19-21H,11-17H2,1H3. The summed E-state index contributed by atoms with van der Waals surface area (Å²) in [6.07, 6.45) is 8.40. The van der Waals surface area contributed by atoms with Crippen molar-refractivity contribution in [1.29, 1.82) is 0 Å². The molecule has 0 aliphatic heterocycles. The highest BCUT2D eigenvalue weighted by atomic mass is 16.5. The minimum Gasteiger partial charge on any atom is -0.487 e. The summed E-state index contributed by atoms with van der Waals surface area (Å²) in [6.45, 7) is 0. The molecule has 28 heavy (non-hydrogen) atoms. The Morgan fingerprint density at radius 1 is 0.929 bits per heavy atom. The van der Waals surface area contributed by atoms with Gasteiger partial charge >= 0.3 is 0 Å². The molecule has 4 saturated carbocycles. The van der Waals surface area contributed by atoms with Gasteiger partial charge in [-0.15, -0.1) is 0 Å². The molecule has 0 heterocycles. The van der Waals surface area contributed by atoms with Crippen molar-refractivity contribution in [2.24, 2.45) is 17.8 Å². The Balaban J connectivity index is 1.23. The number of rotatable bonds is 5. The molecule has 3 heteroatoms. The van der Waals surface area contributed by atoms with Crippen molar-refractivity contribution in [2.45, 2.75) is 50.5 Å². The Morgan fingerprint density at radius 2 is 1.50 bits per heavy atom. The summed E-state index contributed by atoms with van der Waals surface area (Å²) < 4.78 is 6.60. The van der Waals surface area contributed by atoms with Gasteiger partial charge in [-0.25, -0.2) is 0 Å². The number of hydrogen-bond donors (Lipinski definition) is 0. The summed E-state index contributed by atoms with van der Waals surface area (Å²) in [5, 5.41) is 0. The fourth-order valence-corrected chi connectivity index (χ4v) is 6.17. The van der Waals surface area contributed by atoms with Crippen molar-refractivity contribution in [1.82, 2.24) is 0 Å². The van der Waals surface area contributed by atoms with Crippen LogP contribution >= 0.6 is 0 Å². The highest BCUT2D eigenvalue weighted by molar-refractivity contribution is 5.94. The molecule has 0 radical (unpaired) electrons. The van der Waals surface area contributed by atoms with E-state index in [2.05, 4.69) is 12.1 Å². The molecule has 1 amide bonds. The van der Waals surface area contributed by atoms with Crippen LogP contribution in [0, 0.1) is 17.8 Å². The quantitative estimate of drug-likeness (QED) is 0.715. The molecule has 4 bridgehead atoms. The van der Waals surface area contributed by atoms with Crippen LogP contribution in [0.15, 0.2) is 54.6 Å². The van der Waals surface area contributed by atoms with Crippen LogP contribution in [0.25, 0.3) is 0 Å². The number of carbonyl (C=O) groups is 1. The Labute approximate surface area is 167 Å². The van der Waals surface area contributed by atoms with Crippen LogP contribution in [0.4, 0.5) is 5.69 Å². The van der Waals surface area contributed by atoms with Crippen LogP contribution in [0.5, 0.6) is 5.75 Å². The van der Waals surface area contributed by atoms with Crippen molar-refractivity contribution in [2.75, 3.05) is 11.9 Å². The lowest BCUT2D eigenvalue weighted by Crippen LogP contribution is -2.53. The van der Waals surface area contributed by atoms with Crippen LogP contribution in [0.2, 0.25) is 0 Å². The minimum atomic E-state index is 0.0829. The number of carbonyl (C=O) groups excluding carboxylic acids is 1. The first kappa shape index (κ1) is 17.8. The number of ether oxygens (including phenoxy) is 1. The second-order valence-corrected chi connectivity index (χ2v) is 9.31. The van der Waals surface area contributed by atoms with Crippen LogP contribution in [0.3, 0.4) is 0 Å². The average Bonchev–Trinajstić information content (AvgIpc) is 2.68. The summed E-state index contributed by atoms with van der Waals surface area (Å²) in [6, 6.07) is 18.0. The van der Waals surface area contributed by atoms with Gasteiger partial charge in [-0.1, -0.05) is 30.3 Å². The van der Waals surface area contributed by atoms with Crippen molar-refractivity contribution in [3.05, 3.63) is 60.2 Å². The third-order valence-corrected chi connectivity index (χ3v) is 7.11. The zero-order valence-corrected chi connectivity index (χ0v) is 16.6. The average molecular weight is 376 g/mol. The molecule has 2 aromatic rings. The van der Waals surface area contributed by atoms with Crippen molar-refractivity contribution in [3.8, 4) is 5.75 Å². The molecule has 0 saturated heterocycles. The predicted octanol–water partition coefficient (Wildman–Crippen LogP) is 5.24. The van der Waals surface area contributed by atoms with E-state index in [1.807, 2.05) is 49.5 Å². The van der Waals surface area contributed by atoms with E-state index in [9.17, 15) is 4.79 Å². The number of para-hydroxylation sites is 1.